The average molecular weight is 451 g/mol. The number of benzene rings is 2. The summed E-state index contributed by atoms with van der Waals surface area (Å²) in [6.07, 6.45) is 0. The Bertz CT molecular complexity index is 814. The minimum absolute atomic E-state index is 0.0259. The van der Waals surface area contributed by atoms with Gasteiger partial charge in [0.2, 0.25) is 0 Å². The molecule has 0 aliphatic carbocycles. The molecule has 0 atom stereocenters. The summed E-state index contributed by atoms with van der Waals surface area (Å²) in [6.45, 7) is 4.47. The quantitative estimate of drug-likeness (QED) is 0.290. The van der Waals surface area contributed by atoms with Crippen LogP contribution >= 0.6 is 31.5 Å². The van der Waals surface area contributed by atoms with Gasteiger partial charge in [-0.05, 0) is 38.1 Å². The van der Waals surface area contributed by atoms with E-state index in [2.05, 4.69) is 14.4 Å². The average Bonchev–Trinajstić information content (AvgIpc) is 2.64. The molecule has 0 aliphatic heterocycles. The molecule has 8 nitrogen and oxygen atoms in total. The number of nitrogens with one attached hydrogen (secondary N) is 1. The molecule has 1 N–H and O–H groups in total. The van der Waals surface area contributed by atoms with Crippen molar-refractivity contribution in [2.75, 3.05) is 25.6 Å². The summed E-state index contributed by atoms with van der Waals surface area (Å²) in [4.78, 5) is 10.4. The molecule has 28 heavy (non-hydrogen) atoms. The van der Waals surface area contributed by atoms with Crippen molar-refractivity contribution in [1.82, 2.24) is 0 Å². The number of halogens is 2. The maximum absolute atomic E-state index is 10.8. The van der Waals surface area contributed by atoms with Crippen LogP contribution in [0.3, 0.4) is 0 Å². The van der Waals surface area contributed by atoms with E-state index in [-0.39, 0.29) is 5.69 Å². The zero-order valence-corrected chi connectivity index (χ0v) is 18.0. The molecule has 0 saturated heterocycles. The van der Waals surface area contributed by atoms with Crippen molar-refractivity contribution in [1.29, 1.82) is 0 Å². The van der Waals surface area contributed by atoms with Gasteiger partial charge in [-0.2, -0.15) is 0 Å². The van der Waals surface area contributed by atoms with Gasteiger partial charge in [-0.3, -0.25) is 14.7 Å². The molecule has 0 radical (unpaired) electrons. The lowest BCUT2D eigenvalue weighted by Gasteiger charge is -2.09. The van der Waals surface area contributed by atoms with Gasteiger partial charge in [0.05, 0.1) is 23.2 Å². The molecule has 0 bridgehead atoms. The highest BCUT2D eigenvalue weighted by Gasteiger charge is 2.14. The van der Waals surface area contributed by atoms with E-state index in [0.717, 1.165) is 0 Å². The monoisotopic (exact) mass is 450 g/mol. The normalized spacial score (nSPS) is 10.2. The van der Waals surface area contributed by atoms with Crippen molar-refractivity contribution in [3.63, 3.8) is 0 Å². The van der Waals surface area contributed by atoms with Crippen molar-refractivity contribution in [3.05, 3.63) is 56.6 Å². The Labute approximate surface area is 173 Å². The van der Waals surface area contributed by atoms with Crippen LogP contribution in [0.25, 0.3) is 0 Å². The second-order valence-corrected chi connectivity index (χ2v) is 6.90. The fraction of sp³-hybridized carbons (Fsp3) is 0.294. The van der Waals surface area contributed by atoms with Crippen LogP contribution in [0.2, 0.25) is 10.0 Å². The first-order chi connectivity index (χ1) is 13.3. The summed E-state index contributed by atoms with van der Waals surface area (Å²) in [6, 6.07) is 9.24. The Hall–Kier alpha value is -1.83. The van der Waals surface area contributed by atoms with Crippen LogP contribution in [-0.2, 0) is 13.6 Å². The summed E-state index contributed by atoms with van der Waals surface area (Å²) in [7, 11) is -0.543. The zero-order chi connectivity index (χ0) is 21.1. The molecule has 11 heteroatoms. The highest BCUT2D eigenvalue weighted by atomic mass is 35.5. The van der Waals surface area contributed by atoms with E-state index in [9.17, 15) is 14.7 Å². The number of hydrogen-bond acceptors (Lipinski definition) is 7. The number of ether oxygens (including phenoxy) is 1. The van der Waals surface area contributed by atoms with Crippen molar-refractivity contribution in [2.45, 2.75) is 13.8 Å². The lowest BCUT2D eigenvalue weighted by Crippen LogP contribution is -1.97. The Morgan fingerprint density at radius 3 is 2.25 bits per heavy atom. The highest BCUT2D eigenvalue weighted by molar-refractivity contribution is 7.33. The van der Waals surface area contributed by atoms with Crippen molar-refractivity contribution in [2.24, 2.45) is 0 Å². The number of hydrogen-bond donors (Lipinski definition) is 1. The molecule has 0 saturated carbocycles. The van der Waals surface area contributed by atoms with Gasteiger partial charge in [0, 0.05) is 24.2 Å². The van der Waals surface area contributed by atoms with E-state index in [1.54, 1.807) is 39.1 Å². The van der Waals surface area contributed by atoms with E-state index in [1.165, 1.54) is 18.2 Å². The molecule has 2 rings (SSSR count). The largest absolute Gasteiger partial charge is 0.456 e. The van der Waals surface area contributed by atoms with Gasteiger partial charge in [0.25, 0.3) is 5.69 Å². The van der Waals surface area contributed by atoms with Crippen LogP contribution < -0.4 is 10.1 Å². The van der Waals surface area contributed by atoms with Crippen LogP contribution in [0.15, 0.2) is 36.4 Å². The third-order valence-electron chi connectivity index (χ3n) is 3.08. The lowest BCUT2D eigenvalue weighted by atomic mass is 10.2. The highest BCUT2D eigenvalue weighted by Crippen LogP contribution is 2.34. The van der Waals surface area contributed by atoms with Crippen molar-refractivity contribution in [3.8, 4) is 11.5 Å². The Balaban J connectivity index is 0.000000416. The first-order valence-electron chi connectivity index (χ1n) is 8.20. The summed E-state index contributed by atoms with van der Waals surface area (Å²) >= 11 is 11.8. The van der Waals surface area contributed by atoms with E-state index in [0.29, 0.717) is 40.4 Å². The van der Waals surface area contributed by atoms with Gasteiger partial charge in [-0.25, -0.2) is 0 Å². The fourth-order valence-electron chi connectivity index (χ4n) is 1.90. The molecule has 2 aromatic rings. The Morgan fingerprint density at radius 1 is 1.11 bits per heavy atom. The molecule has 0 fully saturated rings. The molecule has 0 aliphatic rings. The van der Waals surface area contributed by atoms with Crippen molar-refractivity contribution < 1.29 is 23.3 Å². The van der Waals surface area contributed by atoms with Crippen LogP contribution in [0.1, 0.15) is 13.8 Å². The molecule has 0 aromatic heterocycles. The summed E-state index contributed by atoms with van der Waals surface area (Å²) in [5.41, 5.74) is 0.333. The van der Waals surface area contributed by atoms with Crippen LogP contribution in [0.4, 0.5) is 11.4 Å². The molecule has 2 aromatic carbocycles. The zero-order valence-electron chi connectivity index (χ0n) is 15.5. The second-order valence-electron chi connectivity index (χ2n) is 4.98. The molecular formula is C17H21Cl2N2O6P. The standard InChI is InChI=1S/C13H10Cl2N2O3.C4H11O3P/c1-16-11-7-9(3-4-12(11)17(18)19)20-13-5-2-8(14)6-10(13)15;1-3-6-8(5)7-4-2/h2-7,16H,1H3;8H,3-4H2,1-2H3. The van der Waals surface area contributed by atoms with E-state index in [4.69, 9.17) is 27.9 Å². The van der Waals surface area contributed by atoms with Gasteiger partial charge in [0.15, 0.2) is 0 Å². The number of rotatable bonds is 8. The van der Waals surface area contributed by atoms with E-state index >= 15 is 0 Å². The lowest BCUT2D eigenvalue weighted by molar-refractivity contribution is -0.384. The third kappa shape index (κ3) is 8.04. The van der Waals surface area contributed by atoms with Gasteiger partial charge in [0.1, 0.15) is 17.2 Å². The maximum atomic E-state index is 10.8. The van der Waals surface area contributed by atoms with Gasteiger partial charge >= 0.3 is 8.25 Å². The Morgan fingerprint density at radius 2 is 1.75 bits per heavy atom. The summed E-state index contributed by atoms with van der Waals surface area (Å²) in [5.74, 6) is 0.858. The third-order valence-corrected chi connectivity index (χ3v) is 4.66. The van der Waals surface area contributed by atoms with E-state index in [1.807, 2.05) is 0 Å². The van der Waals surface area contributed by atoms with E-state index < -0.39 is 13.2 Å². The minimum atomic E-state index is -2.14. The van der Waals surface area contributed by atoms with Crippen LogP contribution in [-0.4, -0.2) is 25.2 Å². The van der Waals surface area contributed by atoms with Crippen molar-refractivity contribution >= 4 is 42.8 Å². The molecule has 0 unspecified atom stereocenters. The molecule has 0 spiro atoms. The number of nitro benzene ring substituents is 1. The molecule has 154 valence electrons. The predicted octanol–water partition coefficient (Wildman–Crippen LogP) is 6.18. The number of nitro groups is 1. The first-order valence-corrected chi connectivity index (χ1v) is 10.2. The van der Waals surface area contributed by atoms with Crippen LogP contribution in [0.5, 0.6) is 11.5 Å². The molecule has 0 amide bonds. The molecular weight excluding hydrogens is 430 g/mol. The predicted molar refractivity (Wildman–Crippen MR) is 111 cm³/mol. The number of nitrogens with zero attached hydrogens (tertiary/aromatic N) is 1. The minimum Gasteiger partial charge on any atom is -0.456 e. The summed E-state index contributed by atoms with van der Waals surface area (Å²) < 4.78 is 25.2. The van der Waals surface area contributed by atoms with Gasteiger partial charge in [-0.15, -0.1) is 0 Å². The first kappa shape index (κ1) is 24.2. The van der Waals surface area contributed by atoms with Gasteiger partial charge in [-0.1, -0.05) is 23.2 Å². The maximum Gasteiger partial charge on any atom is 0.319 e. The summed E-state index contributed by atoms with van der Waals surface area (Å²) in [5, 5.41) is 14.4. The van der Waals surface area contributed by atoms with Gasteiger partial charge < -0.3 is 19.1 Å². The molecule has 0 heterocycles. The topological polar surface area (TPSA) is 99.9 Å². The fourth-order valence-corrected chi connectivity index (χ4v) is 2.90. The SMILES string of the molecule is CCO[PH](=O)OCC.CNc1cc(Oc2ccc(Cl)cc2Cl)ccc1[N+](=O)[O-]. The Kier molecular flexibility index (Phi) is 10.9. The smallest absolute Gasteiger partial charge is 0.319 e. The number of anilines is 1. The second kappa shape index (κ2) is 12.6. The van der Waals surface area contributed by atoms with Crippen LogP contribution in [0, 0.1) is 10.1 Å².